The van der Waals surface area contributed by atoms with Crippen LogP contribution in [0.5, 0.6) is 0 Å². The maximum Gasteiger partial charge on any atom is 0.228 e. The van der Waals surface area contributed by atoms with Crippen LogP contribution < -0.4 is 5.32 Å². The van der Waals surface area contributed by atoms with Crippen molar-refractivity contribution >= 4 is 5.91 Å². The SMILES string of the molecule is O=C(C1CNC1)N1CCCC1C1CCCC1. The van der Waals surface area contributed by atoms with Crippen LogP contribution in [0.2, 0.25) is 0 Å². The minimum absolute atomic E-state index is 0.294. The molecule has 3 aliphatic rings. The molecule has 3 nitrogen and oxygen atoms in total. The molecule has 1 N–H and O–H groups in total. The van der Waals surface area contributed by atoms with Gasteiger partial charge in [0, 0.05) is 25.7 Å². The van der Waals surface area contributed by atoms with E-state index in [9.17, 15) is 4.79 Å². The van der Waals surface area contributed by atoms with Gasteiger partial charge >= 0.3 is 0 Å². The van der Waals surface area contributed by atoms with E-state index in [1.807, 2.05) is 0 Å². The highest BCUT2D eigenvalue weighted by atomic mass is 16.2. The summed E-state index contributed by atoms with van der Waals surface area (Å²) in [4.78, 5) is 14.5. The summed E-state index contributed by atoms with van der Waals surface area (Å²) >= 11 is 0. The minimum Gasteiger partial charge on any atom is -0.339 e. The lowest BCUT2D eigenvalue weighted by atomic mass is 9.94. The fourth-order valence-electron chi connectivity index (χ4n) is 3.60. The van der Waals surface area contributed by atoms with Crippen molar-refractivity contribution in [2.75, 3.05) is 19.6 Å². The molecule has 1 amide bonds. The van der Waals surface area contributed by atoms with E-state index in [2.05, 4.69) is 10.2 Å². The van der Waals surface area contributed by atoms with Gasteiger partial charge in [-0.25, -0.2) is 0 Å². The van der Waals surface area contributed by atoms with Gasteiger partial charge in [0.05, 0.1) is 5.92 Å². The number of likely N-dealkylation sites (tertiary alicyclic amines) is 1. The molecule has 0 aromatic rings. The van der Waals surface area contributed by atoms with Crippen LogP contribution in [0.4, 0.5) is 0 Å². The summed E-state index contributed by atoms with van der Waals surface area (Å²) in [5.41, 5.74) is 0. The smallest absolute Gasteiger partial charge is 0.228 e. The van der Waals surface area contributed by atoms with Crippen molar-refractivity contribution in [2.45, 2.75) is 44.6 Å². The second kappa shape index (κ2) is 4.36. The van der Waals surface area contributed by atoms with E-state index in [0.29, 0.717) is 17.9 Å². The van der Waals surface area contributed by atoms with Crippen LogP contribution in [0.25, 0.3) is 0 Å². The number of carbonyl (C=O) groups is 1. The van der Waals surface area contributed by atoms with Crippen LogP contribution in [0.15, 0.2) is 0 Å². The van der Waals surface area contributed by atoms with Gasteiger partial charge in [0.25, 0.3) is 0 Å². The lowest BCUT2D eigenvalue weighted by molar-refractivity contribution is -0.138. The van der Waals surface area contributed by atoms with Crippen LogP contribution >= 0.6 is 0 Å². The molecule has 2 saturated heterocycles. The third kappa shape index (κ3) is 1.75. The Hall–Kier alpha value is -0.570. The molecule has 1 atom stereocenters. The zero-order chi connectivity index (χ0) is 11.0. The Balaban J connectivity index is 1.65. The molecule has 3 heteroatoms. The minimum atomic E-state index is 0.294. The van der Waals surface area contributed by atoms with Crippen molar-refractivity contribution < 1.29 is 4.79 Å². The Morgan fingerprint density at radius 1 is 1.06 bits per heavy atom. The molecule has 1 unspecified atom stereocenters. The molecule has 2 aliphatic heterocycles. The summed E-state index contributed by atoms with van der Waals surface area (Å²) in [5, 5.41) is 3.20. The summed E-state index contributed by atoms with van der Waals surface area (Å²) < 4.78 is 0. The van der Waals surface area contributed by atoms with E-state index in [4.69, 9.17) is 0 Å². The average Bonchev–Trinajstić information content (AvgIpc) is 2.85. The zero-order valence-corrected chi connectivity index (χ0v) is 9.95. The van der Waals surface area contributed by atoms with Gasteiger partial charge in [-0.1, -0.05) is 12.8 Å². The summed E-state index contributed by atoms with van der Waals surface area (Å²) in [5.74, 6) is 1.55. The van der Waals surface area contributed by atoms with Crippen LogP contribution in [0, 0.1) is 11.8 Å². The zero-order valence-electron chi connectivity index (χ0n) is 9.95. The fraction of sp³-hybridized carbons (Fsp3) is 0.923. The number of carbonyl (C=O) groups excluding carboxylic acids is 1. The second-order valence-electron chi connectivity index (χ2n) is 5.64. The molecule has 0 spiro atoms. The van der Waals surface area contributed by atoms with Gasteiger partial charge in [-0.3, -0.25) is 4.79 Å². The Kier molecular flexibility index (Phi) is 2.88. The first-order chi connectivity index (χ1) is 7.86. The highest BCUT2D eigenvalue weighted by molar-refractivity contribution is 5.80. The van der Waals surface area contributed by atoms with Gasteiger partial charge in [-0.2, -0.15) is 0 Å². The number of nitrogens with one attached hydrogen (secondary N) is 1. The van der Waals surface area contributed by atoms with Crippen LogP contribution in [-0.2, 0) is 4.79 Å². The Morgan fingerprint density at radius 3 is 2.44 bits per heavy atom. The van der Waals surface area contributed by atoms with Gasteiger partial charge in [0.2, 0.25) is 5.91 Å². The summed E-state index contributed by atoms with van der Waals surface area (Å²) in [6.07, 6.45) is 7.97. The maximum absolute atomic E-state index is 12.3. The number of nitrogens with zero attached hydrogens (tertiary/aromatic N) is 1. The van der Waals surface area contributed by atoms with E-state index in [-0.39, 0.29) is 0 Å². The normalized spacial score (nSPS) is 32.0. The van der Waals surface area contributed by atoms with Crippen molar-refractivity contribution in [3.63, 3.8) is 0 Å². The molecule has 16 heavy (non-hydrogen) atoms. The van der Waals surface area contributed by atoms with E-state index in [1.54, 1.807) is 0 Å². The Morgan fingerprint density at radius 2 is 1.81 bits per heavy atom. The molecular formula is C13H22N2O. The molecule has 0 bridgehead atoms. The molecule has 1 aliphatic carbocycles. The number of hydrogen-bond donors (Lipinski definition) is 1. The predicted molar refractivity (Wildman–Crippen MR) is 63.1 cm³/mol. The van der Waals surface area contributed by atoms with Crippen molar-refractivity contribution in [3.05, 3.63) is 0 Å². The van der Waals surface area contributed by atoms with Crippen LogP contribution in [0.1, 0.15) is 38.5 Å². The first-order valence-electron chi connectivity index (χ1n) is 6.87. The van der Waals surface area contributed by atoms with E-state index < -0.39 is 0 Å². The third-order valence-corrected chi connectivity index (χ3v) is 4.66. The number of amides is 1. The molecule has 90 valence electrons. The van der Waals surface area contributed by atoms with Crippen molar-refractivity contribution in [1.82, 2.24) is 10.2 Å². The van der Waals surface area contributed by atoms with Crippen LogP contribution in [0.3, 0.4) is 0 Å². The quantitative estimate of drug-likeness (QED) is 0.765. The lowest BCUT2D eigenvalue weighted by Crippen LogP contribution is -2.53. The maximum atomic E-state index is 12.3. The molecule has 3 rings (SSSR count). The van der Waals surface area contributed by atoms with Gasteiger partial charge in [0.15, 0.2) is 0 Å². The number of hydrogen-bond acceptors (Lipinski definition) is 2. The largest absolute Gasteiger partial charge is 0.339 e. The van der Waals surface area contributed by atoms with Gasteiger partial charge < -0.3 is 10.2 Å². The van der Waals surface area contributed by atoms with Gasteiger partial charge in [0.1, 0.15) is 0 Å². The first kappa shape index (κ1) is 10.6. The predicted octanol–water partition coefficient (Wildman–Crippen LogP) is 1.39. The van der Waals surface area contributed by atoms with Gasteiger partial charge in [-0.05, 0) is 31.6 Å². The van der Waals surface area contributed by atoms with E-state index in [0.717, 1.165) is 25.6 Å². The Bertz CT molecular complexity index is 269. The molecule has 0 aromatic carbocycles. The molecule has 0 radical (unpaired) electrons. The highest BCUT2D eigenvalue weighted by Gasteiger charge is 2.39. The second-order valence-corrected chi connectivity index (χ2v) is 5.64. The van der Waals surface area contributed by atoms with Gasteiger partial charge in [-0.15, -0.1) is 0 Å². The van der Waals surface area contributed by atoms with E-state index in [1.165, 1.54) is 38.5 Å². The topological polar surface area (TPSA) is 32.3 Å². The molecule has 1 saturated carbocycles. The standard InChI is InChI=1S/C13H22N2O/c16-13(11-8-14-9-11)15-7-3-6-12(15)10-4-1-2-5-10/h10-12,14H,1-9H2. The molecule has 0 aromatic heterocycles. The van der Waals surface area contributed by atoms with Crippen LogP contribution in [-0.4, -0.2) is 36.5 Å². The summed E-state index contributed by atoms with van der Waals surface area (Å²) in [6, 6.07) is 0.593. The van der Waals surface area contributed by atoms with E-state index >= 15 is 0 Å². The van der Waals surface area contributed by atoms with Crippen molar-refractivity contribution in [1.29, 1.82) is 0 Å². The van der Waals surface area contributed by atoms with Crippen molar-refractivity contribution in [3.8, 4) is 0 Å². The average molecular weight is 222 g/mol. The Labute approximate surface area is 97.6 Å². The summed E-state index contributed by atoms with van der Waals surface area (Å²) in [6.45, 7) is 2.84. The molecule has 2 heterocycles. The summed E-state index contributed by atoms with van der Waals surface area (Å²) in [7, 11) is 0. The molecule has 3 fully saturated rings. The molecular weight excluding hydrogens is 200 g/mol. The lowest BCUT2D eigenvalue weighted by Gasteiger charge is -2.35. The monoisotopic (exact) mass is 222 g/mol. The van der Waals surface area contributed by atoms with Crippen molar-refractivity contribution in [2.24, 2.45) is 11.8 Å². The first-order valence-corrected chi connectivity index (χ1v) is 6.87. The fourth-order valence-corrected chi connectivity index (χ4v) is 3.60. The highest BCUT2D eigenvalue weighted by Crippen LogP contribution is 2.36. The number of rotatable bonds is 2. The third-order valence-electron chi connectivity index (χ3n) is 4.66.